The van der Waals surface area contributed by atoms with Crippen LogP contribution in [0.3, 0.4) is 0 Å². The highest BCUT2D eigenvalue weighted by molar-refractivity contribution is 5.90. The maximum atomic E-state index is 13.6. The molecule has 3 aromatic carbocycles. The lowest BCUT2D eigenvalue weighted by molar-refractivity contribution is -0.172. The Morgan fingerprint density at radius 1 is 0.971 bits per heavy atom. The third-order valence-corrected chi connectivity index (χ3v) is 13.7. The fraction of sp³-hybridized carbons (Fsp3) is 0.412. The number of phenols is 2. The number of aromatic hydroxyl groups is 2. The normalized spacial score (nSPS) is 16.6. The number of esters is 1. The van der Waals surface area contributed by atoms with E-state index in [4.69, 9.17) is 20.2 Å². The average molecular weight is 929 g/mol. The SMILES string of the molecule is CC(C)c1cc(-c2n[nH]c(=O)n2-c2ccc(CN)cc2)c(O)cc1O.CCc1c2c(nc3ccc(OC(=O)N4CCC(CN(CC)CC)CC4)cc13)-c1cc3c(c(=O)n1C2)COC(=O)[C@]3(O)CC. The van der Waals surface area contributed by atoms with Gasteiger partial charge in [0.15, 0.2) is 11.4 Å². The molecule has 68 heavy (non-hydrogen) atoms. The Morgan fingerprint density at radius 3 is 2.34 bits per heavy atom. The summed E-state index contributed by atoms with van der Waals surface area (Å²) in [6.45, 7) is 17.1. The minimum atomic E-state index is -1.87. The first-order valence-electron chi connectivity index (χ1n) is 23.5. The summed E-state index contributed by atoms with van der Waals surface area (Å²) in [5.74, 6) is 0.486. The second-order valence-electron chi connectivity index (χ2n) is 18.0. The Kier molecular flexibility index (Phi) is 13.6. The van der Waals surface area contributed by atoms with Gasteiger partial charge in [0, 0.05) is 48.8 Å². The van der Waals surface area contributed by atoms with Gasteiger partial charge < -0.3 is 44.9 Å². The van der Waals surface area contributed by atoms with E-state index in [1.165, 1.54) is 10.6 Å². The first-order valence-corrected chi connectivity index (χ1v) is 23.5. The fourth-order valence-corrected chi connectivity index (χ4v) is 9.65. The van der Waals surface area contributed by atoms with E-state index in [0.29, 0.717) is 83.6 Å². The van der Waals surface area contributed by atoms with Crippen LogP contribution in [-0.2, 0) is 41.2 Å². The third kappa shape index (κ3) is 8.76. The van der Waals surface area contributed by atoms with E-state index in [0.717, 1.165) is 60.1 Å². The first kappa shape index (κ1) is 47.7. The number of carbonyl (C=O) groups excluding carboxylic acids is 2. The number of likely N-dealkylation sites (tertiary alicyclic amines) is 1. The molecule has 1 fully saturated rings. The molecule has 1 amide bonds. The molecular formula is C51H60N8O9. The van der Waals surface area contributed by atoms with Crippen molar-refractivity contribution in [1.82, 2.24) is 34.1 Å². The van der Waals surface area contributed by atoms with E-state index in [1.807, 2.05) is 38.1 Å². The number of nitrogens with one attached hydrogen (secondary N) is 1. The number of rotatable bonds is 11. The van der Waals surface area contributed by atoms with Crippen molar-refractivity contribution >= 4 is 23.0 Å². The molecule has 0 radical (unpaired) electrons. The number of nitrogens with two attached hydrogens (primary N) is 1. The minimum absolute atomic E-state index is 0.00739. The van der Waals surface area contributed by atoms with E-state index >= 15 is 0 Å². The summed E-state index contributed by atoms with van der Waals surface area (Å²) in [6.07, 6.45) is 2.38. The van der Waals surface area contributed by atoms with Gasteiger partial charge in [-0.3, -0.25) is 4.79 Å². The molecular weight excluding hydrogens is 869 g/mol. The van der Waals surface area contributed by atoms with Crippen molar-refractivity contribution < 1.29 is 34.4 Å². The van der Waals surface area contributed by atoms with Gasteiger partial charge in [-0.1, -0.05) is 53.7 Å². The number of pyridine rings is 2. The summed E-state index contributed by atoms with van der Waals surface area (Å²) < 4.78 is 14.1. The predicted molar refractivity (Wildman–Crippen MR) is 257 cm³/mol. The predicted octanol–water partition coefficient (Wildman–Crippen LogP) is 6.42. The minimum Gasteiger partial charge on any atom is -0.508 e. The molecule has 0 bridgehead atoms. The van der Waals surface area contributed by atoms with Crippen LogP contribution in [0.15, 0.2) is 70.3 Å². The van der Waals surface area contributed by atoms with Crippen LogP contribution in [0.5, 0.6) is 17.2 Å². The van der Waals surface area contributed by atoms with Crippen LogP contribution < -0.4 is 21.7 Å². The molecule has 1 atom stereocenters. The number of cyclic esters (lactones) is 1. The molecule has 3 aromatic heterocycles. The van der Waals surface area contributed by atoms with Gasteiger partial charge in [-0.05, 0) is 110 Å². The maximum Gasteiger partial charge on any atom is 0.415 e. The number of fused-ring (bicyclic) bond motifs is 5. The molecule has 6 N–H and O–H groups in total. The molecule has 3 aliphatic rings. The monoisotopic (exact) mass is 928 g/mol. The number of aromatic amines is 1. The summed E-state index contributed by atoms with van der Waals surface area (Å²) in [4.78, 5) is 60.6. The molecule has 358 valence electrons. The molecule has 6 heterocycles. The largest absolute Gasteiger partial charge is 0.508 e. The molecule has 3 aliphatic heterocycles. The Bertz CT molecular complexity index is 3000. The number of hydrogen-bond donors (Lipinski definition) is 5. The van der Waals surface area contributed by atoms with Gasteiger partial charge in [0.2, 0.25) is 0 Å². The van der Waals surface area contributed by atoms with Crippen molar-refractivity contribution in [2.24, 2.45) is 11.7 Å². The van der Waals surface area contributed by atoms with E-state index < -0.39 is 17.3 Å². The second kappa shape index (κ2) is 19.4. The van der Waals surface area contributed by atoms with Crippen LogP contribution in [0.1, 0.15) is 100 Å². The van der Waals surface area contributed by atoms with E-state index in [-0.39, 0.29) is 47.9 Å². The number of piperidine rings is 1. The van der Waals surface area contributed by atoms with Gasteiger partial charge in [0.1, 0.15) is 23.9 Å². The van der Waals surface area contributed by atoms with E-state index in [1.54, 1.807) is 46.7 Å². The summed E-state index contributed by atoms with van der Waals surface area (Å²) in [6, 6.07) is 17.3. The zero-order valence-corrected chi connectivity index (χ0v) is 39.5. The fourth-order valence-electron chi connectivity index (χ4n) is 9.65. The van der Waals surface area contributed by atoms with Gasteiger partial charge in [-0.2, -0.15) is 5.10 Å². The molecule has 0 aliphatic carbocycles. The smallest absolute Gasteiger partial charge is 0.415 e. The number of aliphatic hydroxyl groups is 1. The number of carbonyl (C=O) groups is 2. The van der Waals surface area contributed by atoms with E-state index in [2.05, 4.69) is 35.9 Å². The van der Waals surface area contributed by atoms with Crippen molar-refractivity contribution in [2.45, 2.75) is 98.4 Å². The number of ether oxygens (including phenoxy) is 2. The van der Waals surface area contributed by atoms with Crippen molar-refractivity contribution in [2.75, 3.05) is 32.7 Å². The number of aromatic nitrogens is 5. The lowest BCUT2D eigenvalue weighted by atomic mass is 9.86. The van der Waals surface area contributed by atoms with E-state index in [9.17, 15) is 34.5 Å². The molecule has 0 unspecified atom stereocenters. The van der Waals surface area contributed by atoms with Crippen LogP contribution in [0, 0.1) is 5.92 Å². The number of aryl methyl sites for hydroxylation is 1. The molecule has 17 nitrogen and oxygen atoms in total. The molecule has 6 aromatic rings. The quantitative estimate of drug-likeness (QED) is 0.0884. The Hall–Kier alpha value is -6.82. The van der Waals surface area contributed by atoms with Gasteiger partial charge in [0.05, 0.1) is 40.3 Å². The summed E-state index contributed by atoms with van der Waals surface area (Å²) in [5, 5.41) is 38.8. The molecule has 0 saturated carbocycles. The lowest BCUT2D eigenvalue weighted by Crippen LogP contribution is -2.44. The van der Waals surface area contributed by atoms with Crippen LogP contribution in [-0.4, -0.2) is 94.2 Å². The molecule has 1 saturated heterocycles. The Balaban J connectivity index is 0.000000212. The number of benzene rings is 3. The molecule has 17 heteroatoms. The first-order chi connectivity index (χ1) is 32.6. The maximum absolute atomic E-state index is 13.6. The standard InChI is InChI=1S/C33H40N4O6.C18H20N4O3/c1-5-22-23-15-21(43-32(40)36-13-11-20(12-14-36)17-35(7-3)8-4)9-10-27(23)34-29-24(22)18-37-28(29)16-26-25(30(37)38)19-42-31(39)33(26,41)6-2;1-10(2)13-7-14(16(24)8-15(13)23)17-20-21-18(25)22(17)12-5-3-11(9-19)4-6-12/h9-10,15-16,20,41H,5-8,11-14,17-19H2,1-4H3;3-8,10,23-24H,9,19H2,1-2H3,(H,21,25)/t33-;/m0./s1. The highest BCUT2D eigenvalue weighted by atomic mass is 16.6. The van der Waals surface area contributed by atoms with Crippen molar-refractivity contribution in [1.29, 1.82) is 0 Å². The van der Waals surface area contributed by atoms with Crippen LogP contribution in [0.2, 0.25) is 0 Å². The number of hydrogen-bond acceptors (Lipinski definition) is 13. The Labute approximate surface area is 393 Å². The third-order valence-electron chi connectivity index (χ3n) is 13.7. The lowest BCUT2D eigenvalue weighted by Gasteiger charge is -2.33. The Morgan fingerprint density at radius 2 is 1.69 bits per heavy atom. The average Bonchev–Trinajstić information content (AvgIpc) is 3.91. The van der Waals surface area contributed by atoms with Crippen molar-refractivity contribution in [3.63, 3.8) is 0 Å². The summed E-state index contributed by atoms with van der Waals surface area (Å²) in [7, 11) is 0. The van der Waals surface area contributed by atoms with Crippen LogP contribution in [0.4, 0.5) is 4.79 Å². The zero-order chi connectivity index (χ0) is 48.6. The molecule has 9 rings (SSSR count). The van der Waals surface area contributed by atoms with Gasteiger partial charge in [-0.25, -0.2) is 29.0 Å². The second-order valence-corrected chi connectivity index (χ2v) is 18.0. The summed E-state index contributed by atoms with van der Waals surface area (Å²) >= 11 is 0. The summed E-state index contributed by atoms with van der Waals surface area (Å²) in [5.41, 5.74) is 10.1. The van der Waals surface area contributed by atoms with Crippen molar-refractivity contribution in [3.8, 4) is 45.7 Å². The highest BCUT2D eigenvalue weighted by Gasteiger charge is 2.45. The number of amides is 1. The topological polar surface area (TPSA) is 231 Å². The number of nitrogens with zero attached hydrogens (tertiary/aromatic N) is 6. The molecule has 0 spiro atoms. The van der Waals surface area contributed by atoms with Crippen LogP contribution in [0.25, 0.3) is 39.4 Å². The van der Waals surface area contributed by atoms with Gasteiger partial charge >= 0.3 is 17.8 Å². The number of H-pyrrole nitrogens is 1. The van der Waals surface area contributed by atoms with Crippen LogP contribution >= 0.6 is 0 Å². The van der Waals surface area contributed by atoms with Gasteiger partial charge in [-0.15, -0.1) is 0 Å². The van der Waals surface area contributed by atoms with Gasteiger partial charge in [0.25, 0.3) is 5.56 Å². The highest BCUT2D eigenvalue weighted by Crippen LogP contribution is 2.41. The number of phenolic OH excluding ortho intramolecular Hbond substituents is 2. The zero-order valence-electron chi connectivity index (χ0n) is 39.5. The van der Waals surface area contributed by atoms with Crippen molar-refractivity contribution in [3.05, 3.63) is 115 Å².